The van der Waals surface area contributed by atoms with Gasteiger partial charge in [0, 0.05) is 37.5 Å². The second-order valence-corrected chi connectivity index (χ2v) is 6.20. The smallest absolute Gasteiger partial charge is 0.0475 e. The Morgan fingerprint density at radius 1 is 0.600 bits per heavy atom. The number of aliphatic hydroxyl groups excluding tert-OH is 4. The molecule has 0 aromatic rings. The number of aliphatic hydroxyl groups is 4. The van der Waals surface area contributed by atoms with Gasteiger partial charge in [-0.05, 0) is 23.7 Å². The van der Waals surface area contributed by atoms with Crippen LogP contribution in [0.4, 0.5) is 0 Å². The Morgan fingerprint density at radius 2 is 0.750 bits per heavy atom. The molecule has 0 aromatic carbocycles. The van der Waals surface area contributed by atoms with Crippen LogP contribution in [0, 0.1) is 23.7 Å². The van der Waals surface area contributed by atoms with E-state index in [9.17, 15) is 20.4 Å². The lowest BCUT2D eigenvalue weighted by Gasteiger charge is -2.57. The molecule has 0 aliphatic rings. The minimum absolute atomic E-state index is 0.184. The van der Waals surface area contributed by atoms with Crippen LogP contribution in [0.25, 0.3) is 0 Å². The standard InChI is InChI=1S/C14H32N2O4/c1-9(5-17)13(15,10(2)6-18)14(16,11(3)7-19)12(4)8-20/h9-12,17-20H,5-8,15-16H2,1-4H3. The summed E-state index contributed by atoms with van der Waals surface area (Å²) in [6.07, 6.45) is 0. The Bertz CT molecular complexity index is 240. The third kappa shape index (κ3) is 3.00. The van der Waals surface area contributed by atoms with Crippen LogP contribution in [-0.2, 0) is 0 Å². The normalized spacial score (nSPS) is 24.3. The molecule has 0 fully saturated rings. The van der Waals surface area contributed by atoms with Gasteiger partial charge in [-0.2, -0.15) is 0 Å². The van der Waals surface area contributed by atoms with Crippen molar-refractivity contribution in [1.82, 2.24) is 0 Å². The van der Waals surface area contributed by atoms with E-state index in [1.54, 1.807) is 27.7 Å². The van der Waals surface area contributed by atoms with Crippen molar-refractivity contribution in [3.8, 4) is 0 Å². The summed E-state index contributed by atoms with van der Waals surface area (Å²) in [4.78, 5) is 0. The topological polar surface area (TPSA) is 133 Å². The van der Waals surface area contributed by atoms with E-state index in [0.717, 1.165) is 0 Å². The predicted octanol–water partition coefficient (Wildman–Crippen LogP) is -1.10. The Morgan fingerprint density at radius 3 is 0.850 bits per heavy atom. The number of nitrogens with two attached hydrogens (primary N) is 2. The first-order valence-corrected chi connectivity index (χ1v) is 7.19. The summed E-state index contributed by atoms with van der Waals surface area (Å²) >= 11 is 0. The van der Waals surface area contributed by atoms with Gasteiger partial charge < -0.3 is 31.9 Å². The second kappa shape index (κ2) is 7.68. The molecule has 0 saturated carbocycles. The van der Waals surface area contributed by atoms with Crippen molar-refractivity contribution >= 4 is 0 Å². The summed E-state index contributed by atoms with van der Waals surface area (Å²) in [6.45, 7) is 6.33. The van der Waals surface area contributed by atoms with E-state index in [0.29, 0.717) is 0 Å². The van der Waals surface area contributed by atoms with Crippen LogP contribution in [0.1, 0.15) is 27.7 Å². The Kier molecular flexibility index (Phi) is 7.59. The van der Waals surface area contributed by atoms with Gasteiger partial charge in [-0.3, -0.25) is 0 Å². The molecule has 6 heteroatoms. The van der Waals surface area contributed by atoms with Crippen LogP contribution in [0.3, 0.4) is 0 Å². The van der Waals surface area contributed by atoms with Crippen molar-refractivity contribution in [2.45, 2.75) is 38.8 Å². The minimum atomic E-state index is -1.12. The molecule has 0 radical (unpaired) electrons. The zero-order valence-electron chi connectivity index (χ0n) is 13.1. The van der Waals surface area contributed by atoms with E-state index < -0.39 is 34.7 Å². The molecular formula is C14H32N2O4. The maximum absolute atomic E-state index is 9.54. The molecule has 4 unspecified atom stereocenters. The summed E-state index contributed by atoms with van der Waals surface area (Å²) < 4.78 is 0. The van der Waals surface area contributed by atoms with Crippen LogP contribution >= 0.6 is 0 Å². The number of rotatable bonds is 9. The van der Waals surface area contributed by atoms with Gasteiger partial charge in [0.15, 0.2) is 0 Å². The predicted molar refractivity (Wildman–Crippen MR) is 78.8 cm³/mol. The van der Waals surface area contributed by atoms with Crippen molar-refractivity contribution in [1.29, 1.82) is 0 Å². The van der Waals surface area contributed by atoms with Gasteiger partial charge in [-0.1, -0.05) is 27.7 Å². The summed E-state index contributed by atoms with van der Waals surface area (Å²) in [5.74, 6) is -1.56. The first-order chi connectivity index (χ1) is 9.18. The summed E-state index contributed by atoms with van der Waals surface area (Å²) in [7, 11) is 0. The maximum Gasteiger partial charge on any atom is 0.0475 e. The van der Waals surface area contributed by atoms with Gasteiger partial charge in [-0.25, -0.2) is 0 Å². The van der Waals surface area contributed by atoms with Crippen molar-refractivity contribution in [2.75, 3.05) is 26.4 Å². The zero-order chi connectivity index (χ0) is 16.1. The van der Waals surface area contributed by atoms with Crippen LogP contribution in [0.2, 0.25) is 0 Å². The third-order valence-electron chi connectivity index (χ3n) is 5.11. The summed E-state index contributed by atoms with van der Waals surface area (Å²) in [5.41, 5.74) is 10.9. The van der Waals surface area contributed by atoms with Gasteiger partial charge in [-0.15, -0.1) is 0 Å². The third-order valence-corrected chi connectivity index (χ3v) is 5.11. The van der Waals surface area contributed by atoms with Gasteiger partial charge in [0.1, 0.15) is 0 Å². The van der Waals surface area contributed by atoms with E-state index >= 15 is 0 Å². The van der Waals surface area contributed by atoms with Crippen molar-refractivity contribution in [3.63, 3.8) is 0 Å². The molecule has 0 aliphatic heterocycles. The molecule has 0 saturated heterocycles. The first-order valence-electron chi connectivity index (χ1n) is 7.19. The Hall–Kier alpha value is -0.240. The highest BCUT2D eigenvalue weighted by Gasteiger charge is 2.57. The molecule has 0 aliphatic carbocycles. The lowest BCUT2D eigenvalue weighted by Crippen LogP contribution is -2.78. The Balaban J connectivity index is 6.01. The van der Waals surface area contributed by atoms with Crippen molar-refractivity contribution in [2.24, 2.45) is 35.1 Å². The average Bonchev–Trinajstić information content (AvgIpc) is 2.49. The number of hydrogen-bond acceptors (Lipinski definition) is 6. The number of hydrogen-bond donors (Lipinski definition) is 6. The maximum atomic E-state index is 9.54. The largest absolute Gasteiger partial charge is 0.396 e. The molecule has 122 valence electrons. The summed E-state index contributed by atoms with van der Waals surface area (Å²) in [5, 5.41) is 38.2. The van der Waals surface area contributed by atoms with Crippen LogP contribution in [0.5, 0.6) is 0 Å². The molecule has 0 amide bonds. The fourth-order valence-corrected chi connectivity index (χ4v) is 3.28. The zero-order valence-corrected chi connectivity index (χ0v) is 13.1. The first kappa shape index (κ1) is 19.8. The monoisotopic (exact) mass is 292 g/mol. The van der Waals surface area contributed by atoms with Crippen LogP contribution in [-0.4, -0.2) is 57.9 Å². The highest BCUT2D eigenvalue weighted by molar-refractivity contribution is 5.15. The molecule has 4 atom stereocenters. The molecule has 20 heavy (non-hydrogen) atoms. The van der Waals surface area contributed by atoms with Crippen molar-refractivity contribution in [3.05, 3.63) is 0 Å². The minimum Gasteiger partial charge on any atom is -0.396 e. The van der Waals surface area contributed by atoms with E-state index in [-0.39, 0.29) is 26.4 Å². The SMILES string of the molecule is CC(CO)C(N)(C(C)CO)C(N)(C(C)CO)C(C)CO. The van der Waals surface area contributed by atoms with Crippen LogP contribution in [0.15, 0.2) is 0 Å². The van der Waals surface area contributed by atoms with Gasteiger partial charge in [0.2, 0.25) is 0 Å². The van der Waals surface area contributed by atoms with Crippen molar-refractivity contribution < 1.29 is 20.4 Å². The van der Waals surface area contributed by atoms with Crippen LogP contribution < -0.4 is 11.5 Å². The van der Waals surface area contributed by atoms with E-state index in [1.165, 1.54) is 0 Å². The lowest BCUT2D eigenvalue weighted by atomic mass is 9.55. The summed E-state index contributed by atoms with van der Waals surface area (Å²) in [6, 6.07) is 0. The Labute approximate surface area is 121 Å². The molecular weight excluding hydrogens is 260 g/mol. The van der Waals surface area contributed by atoms with E-state index in [1.807, 2.05) is 0 Å². The average molecular weight is 292 g/mol. The molecule has 6 nitrogen and oxygen atoms in total. The molecule has 0 bridgehead atoms. The van der Waals surface area contributed by atoms with E-state index in [2.05, 4.69) is 0 Å². The molecule has 8 N–H and O–H groups in total. The second-order valence-electron chi connectivity index (χ2n) is 6.20. The highest BCUT2D eigenvalue weighted by atomic mass is 16.3. The highest BCUT2D eigenvalue weighted by Crippen LogP contribution is 2.42. The van der Waals surface area contributed by atoms with Gasteiger partial charge in [0.25, 0.3) is 0 Å². The molecule has 0 spiro atoms. The van der Waals surface area contributed by atoms with Gasteiger partial charge >= 0.3 is 0 Å². The van der Waals surface area contributed by atoms with E-state index in [4.69, 9.17) is 11.5 Å². The molecule has 0 heterocycles. The fraction of sp³-hybridized carbons (Fsp3) is 1.00. The van der Waals surface area contributed by atoms with Gasteiger partial charge in [0.05, 0.1) is 0 Å². The molecule has 0 aromatic heterocycles. The fourth-order valence-electron chi connectivity index (χ4n) is 3.28. The lowest BCUT2D eigenvalue weighted by molar-refractivity contribution is -0.0470. The molecule has 0 rings (SSSR count). The quantitative estimate of drug-likeness (QED) is 0.319.